The van der Waals surface area contributed by atoms with E-state index in [2.05, 4.69) is 13.8 Å². The molecule has 214 valence electrons. The molecule has 2 bridgehead atoms. The van der Waals surface area contributed by atoms with Crippen LogP contribution in [0.25, 0.3) is 0 Å². The smallest absolute Gasteiger partial charge is 0.347 e. The van der Waals surface area contributed by atoms with Crippen molar-refractivity contribution in [3.8, 4) is 0 Å². The van der Waals surface area contributed by atoms with Crippen LogP contribution >= 0.6 is 0 Å². The lowest BCUT2D eigenvalue weighted by atomic mass is 9.50. The first-order chi connectivity index (χ1) is 18.5. The van der Waals surface area contributed by atoms with E-state index >= 15 is 0 Å². The van der Waals surface area contributed by atoms with Gasteiger partial charge in [0.1, 0.15) is 18.3 Å². The molecule has 2 saturated carbocycles. The molecular formula is C29H38O10. The zero-order valence-electron chi connectivity index (χ0n) is 23.0. The minimum Gasteiger partial charge on any atom is -0.463 e. The van der Waals surface area contributed by atoms with Crippen LogP contribution in [0.3, 0.4) is 0 Å². The molecule has 0 aromatic carbocycles. The highest BCUT2D eigenvalue weighted by atomic mass is 16.6. The van der Waals surface area contributed by atoms with Gasteiger partial charge in [-0.3, -0.25) is 4.79 Å². The highest BCUT2D eigenvalue weighted by Crippen LogP contribution is 2.72. The average Bonchev–Trinajstić information content (AvgIpc) is 3.66. The quantitative estimate of drug-likeness (QED) is 0.275. The number of rotatable bonds is 1. The minimum absolute atomic E-state index is 0.0138. The van der Waals surface area contributed by atoms with Crippen molar-refractivity contribution in [1.29, 1.82) is 0 Å². The van der Waals surface area contributed by atoms with Gasteiger partial charge < -0.3 is 28.4 Å². The molecule has 10 nitrogen and oxygen atoms in total. The van der Waals surface area contributed by atoms with Crippen LogP contribution in [0, 0.1) is 22.7 Å². The van der Waals surface area contributed by atoms with Gasteiger partial charge in [0.25, 0.3) is 0 Å². The predicted molar refractivity (Wildman–Crippen MR) is 135 cm³/mol. The lowest BCUT2D eigenvalue weighted by Gasteiger charge is -2.60. The van der Waals surface area contributed by atoms with Crippen molar-refractivity contribution < 1.29 is 47.6 Å². The van der Waals surface area contributed by atoms with Crippen LogP contribution in [0.5, 0.6) is 0 Å². The predicted octanol–water partition coefficient (Wildman–Crippen LogP) is 2.82. The second-order valence-corrected chi connectivity index (χ2v) is 12.0. The summed E-state index contributed by atoms with van der Waals surface area (Å²) >= 11 is 0. The Balaban J connectivity index is 1.52. The molecule has 2 saturated heterocycles. The summed E-state index contributed by atoms with van der Waals surface area (Å²) in [5, 5.41) is 0. The zero-order valence-corrected chi connectivity index (χ0v) is 23.0. The van der Waals surface area contributed by atoms with Gasteiger partial charge in [0.15, 0.2) is 0 Å². The summed E-state index contributed by atoms with van der Waals surface area (Å²) in [6.45, 7) is 7.77. The summed E-state index contributed by atoms with van der Waals surface area (Å²) in [6.07, 6.45) is 6.34. The van der Waals surface area contributed by atoms with Crippen molar-refractivity contribution in [2.45, 2.75) is 89.8 Å². The molecule has 3 heterocycles. The topological polar surface area (TPSA) is 127 Å². The first-order valence-electron chi connectivity index (χ1n) is 13.9. The van der Waals surface area contributed by atoms with Gasteiger partial charge in [0.2, 0.25) is 6.10 Å². The Morgan fingerprint density at radius 2 is 1.67 bits per heavy atom. The number of cyclic esters (lactones) is 2. The molecule has 0 N–H and O–H groups in total. The number of allylic oxidation sites excluding steroid dienone is 2. The van der Waals surface area contributed by atoms with E-state index < -0.39 is 58.4 Å². The standard InChI is InChI=1S/C29H38O10/c1-17-9-11-28-15-35-26(33)25(37-19(3)30)18(2)10-12-34-23(31)7-5-6-8-24(32)39-20-14-22(38-21(28)13-17)29(16-36-29)27(20,28)4/h5-8,17-18,20-22,25H,9-16H2,1-4H3/b7-5+,8-6-/t17-,18?,20+,21+,22+,25?,27+,28+,29?/m0/s1. The molecule has 2 spiro atoms. The third-order valence-electron chi connectivity index (χ3n) is 9.77. The maximum Gasteiger partial charge on any atom is 0.347 e. The molecule has 39 heavy (non-hydrogen) atoms. The van der Waals surface area contributed by atoms with E-state index in [0.717, 1.165) is 12.8 Å². The SMILES string of the molecule is CC(=O)OC1C(=O)OC[C@]23CC[C@H](C)C[C@H]2O[C@@H]2C[C@@H](OC(=O)/C=C\C=C\C(=O)OCCC1C)[C@@]3(C)C21CO1. The third-order valence-corrected chi connectivity index (χ3v) is 9.77. The van der Waals surface area contributed by atoms with E-state index in [4.69, 9.17) is 28.4 Å². The Bertz CT molecular complexity index is 1080. The summed E-state index contributed by atoms with van der Waals surface area (Å²) in [5.74, 6) is -2.45. The Morgan fingerprint density at radius 1 is 0.949 bits per heavy atom. The maximum absolute atomic E-state index is 13.5. The molecule has 4 fully saturated rings. The van der Waals surface area contributed by atoms with Gasteiger partial charge in [-0.25, -0.2) is 14.4 Å². The lowest BCUT2D eigenvalue weighted by molar-refractivity contribution is -0.257. The second-order valence-electron chi connectivity index (χ2n) is 12.0. The van der Waals surface area contributed by atoms with Gasteiger partial charge in [-0.05, 0) is 31.6 Å². The first-order valence-corrected chi connectivity index (χ1v) is 13.9. The minimum atomic E-state index is -1.16. The van der Waals surface area contributed by atoms with Crippen LogP contribution in [0.15, 0.2) is 24.3 Å². The third kappa shape index (κ3) is 4.69. The van der Waals surface area contributed by atoms with Crippen LogP contribution in [0.4, 0.5) is 0 Å². The number of hydrogen-bond acceptors (Lipinski definition) is 10. The van der Waals surface area contributed by atoms with Crippen LogP contribution < -0.4 is 0 Å². The Kier molecular flexibility index (Phi) is 7.39. The number of epoxide rings is 1. The van der Waals surface area contributed by atoms with Crippen LogP contribution in [0.2, 0.25) is 0 Å². The lowest BCUT2D eigenvalue weighted by Crippen LogP contribution is -2.68. The van der Waals surface area contributed by atoms with Gasteiger partial charge in [0.05, 0.1) is 25.4 Å². The first kappa shape index (κ1) is 27.8. The Hall–Kier alpha value is -2.72. The number of hydrogen-bond donors (Lipinski definition) is 0. The molecule has 0 aromatic rings. The van der Waals surface area contributed by atoms with Crippen molar-refractivity contribution in [3.63, 3.8) is 0 Å². The van der Waals surface area contributed by atoms with Crippen LogP contribution in [-0.2, 0) is 47.6 Å². The highest BCUT2D eigenvalue weighted by molar-refractivity contribution is 5.84. The summed E-state index contributed by atoms with van der Waals surface area (Å²) in [7, 11) is 0. The monoisotopic (exact) mass is 546 g/mol. The van der Waals surface area contributed by atoms with Crippen molar-refractivity contribution >= 4 is 23.9 Å². The Morgan fingerprint density at radius 3 is 2.36 bits per heavy atom. The molecule has 9 atom stereocenters. The molecule has 3 aliphatic heterocycles. The maximum atomic E-state index is 13.5. The van der Waals surface area contributed by atoms with Crippen molar-refractivity contribution in [1.82, 2.24) is 0 Å². The summed E-state index contributed by atoms with van der Waals surface area (Å²) in [4.78, 5) is 50.3. The molecule has 5 rings (SSSR count). The molecule has 5 aliphatic rings. The molecule has 10 heteroatoms. The number of ether oxygens (including phenoxy) is 6. The molecule has 0 radical (unpaired) electrons. The van der Waals surface area contributed by atoms with Crippen molar-refractivity contribution in [2.75, 3.05) is 19.8 Å². The van der Waals surface area contributed by atoms with Crippen molar-refractivity contribution in [3.05, 3.63) is 24.3 Å². The summed E-state index contributed by atoms with van der Waals surface area (Å²) < 4.78 is 35.5. The molecule has 0 aromatic heterocycles. The van der Waals surface area contributed by atoms with E-state index in [1.807, 2.05) is 0 Å². The summed E-state index contributed by atoms with van der Waals surface area (Å²) in [6, 6.07) is 0. The Labute approximate surface area is 228 Å². The van der Waals surface area contributed by atoms with E-state index in [9.17, 15) is 19.2 Å². The normalized spacial score (nSPS) is 46.0. The fraction of sp³-hybridized carbons (Fsp3) is 0.724. The zero-order chi connectivity index (χ0) is 28.0. The van der Waals surface area contributed by atoms with E-state index in [-0.39, 0.29) is 31.8 Å². The van der Waals surface area contributed by atoms with E-state index in [1.54, 1.807) is 6.92 Å². The molecule has 2 aliphatic carbocycles. The van der Waals surface area contributed by atoms with Gasteiger partial charge in [-0.2, -0.15) is 0 Å². The number of carbonyl (C=O) groups is 4. The van der Waals surface area contributed by atoms with Gasteiger partial charge in [-0.15, -0.1) is 0 Å². The van der Waals surface area contributed by atoms with Gasteiger partial charge >= 0.3 is 23.9 Å². The van der Waals surface area contributed by atoms with Gasteiger partial charge in [0, 0.05) is 42.2 Å². The molecular weight excluding hydrogens is 508 g/mol. The van der Waals surface area contributed by atoms with Crippen molar-refractivity contribution in [2.24, 2.45) is 22.7 Å². The molecule has 3 unspecified atom stereocenters. The number of esters is 4. The number of carbonyl (C=O) groups excluding carboxylic acids is 4. The second kappa shape index (κ2) is 10.4. The largest absolute Gasteiger partial charge is 0.463 e. The average molecular weight is 547 g/mol. The van der Waals surface area contributed by atoms with Crippen LogP contribution in [0.1, 0.15) is 59.8 Å². The fourth-order valence-corrected chi connectivity index (χ4v) is 7.38. The summed E-state index contributed by atoms with van der Waals surface area (Å²) in [5.41, 5.74) is -1.97. The van der Waals surface area contributed by atoms with Crippen LogP contribution in [-0.4, -0.2) is 73.7 Å². The van der Waals surface area contributed by atoms with E-state index in [0.29, 0.717) is 25.4 Å². The van der Waals surface area contributed by atoms with E-state index in [1.165, 1.54) is 31.2 Å². The fourth-order valence-electron chi connectivity index (χ4n) is 7.38. The highest BCUT2D eigenvalue weighted by Gasteiger charge is 2.83. The van der Waals surface area contributed by atoms with Gasteiger partial charge in [-0.1, -0.05) is 32.9 Å². The molecule has 0 amide bonds.